The van der Waals surface area contributed by atoms with Gasteiger partial charge in [0, 0.05) is 42.5 Å². The van der Waals surface area contributed by atoms with E-state index in [9.17, 15) is 9.59 Å². The lowest BCUT2D eigenvalue weighted by molar-refractivity contribution is -0.134. The third-order valence-electron chi connectivity index (χ3n) is 6.93. The summed E-state index contributed by atoms with van der Waals surface area (Å²) in [6.07, 6.45) is 10.6. The van der Waals surface area contributed by atoms with E-state index in [-0.39, 0.29) is 0 Å². The summed E-state index contributed by atoms with van der Waals surface area (Å²) in [7, 11) is 0. The van der Waals surface area contributed by atoms with Gasteiger partial charge in [-0.1, -0.05) is 37.5 Å². The van der Waals surface area contributed by atoms with Gasteiger partial charge in [-0.15, -0.1) is 0 Å². The van der Waals surface area contributed by atoms with Crippen LogP contribution in [0.3, 0.4) is 0 Å². The van der Waals surface area contributed by atoms with Crippen molar-refractivity contribution in [1.29, 1.82) is 0 Å². The first-order valence-electron chi connectivity index (χ1n) is 11.7. The van der Waals surface area contributed by atoms with Gasteiger partial charge in [0.2, 0.25) is 0 Å². The second-order valence-electron chi connectivity index (χ2n) is 9.03. The smallest absolute Gasteiger partial charge is 0.328 e. The first-order chi connectivity index (χ1) is 15.4. The van der Waals surface area contributed by atoms with Crippen LogP contribution < -0.4 is 5.32 Å². The van der Waals surface area contributed by atoms with E-state index in [0.29, 0.717) is 18.2 Å². The minimum Gasteiger partial charge on any atom is -0.478 e. The van der Waals surface area contributed by atoms with Crippen LogP contribution in [0.15, 0.2) is 36.4 Å². The van der Waals surface area contributed by atoms with Crippen molar-refractivity contribution in [3.05, 3.63) is 58.8 Å². The van der Waals surface area contributed by atoms with Crippen molar-refractivity contribution in [3.8, 4) is 11.3 Å². The molecule has 1 unspecified atom stereocenters. The fourth-order valence-corrected chi connectivity index (χ4v) is 5.39. The molecule has 1 atom stereocenters. The fraction of sp³-hybridized carbons (Fsp3) is 0.462. The summed E-state index contributed by atoms with van der Waals surface area (Å²) in [5, 5.41) is 19.2. The van der Waals surface area contributed by atoms with Crippen LogP contribution in [0.1, 0.15) is 73.4 Å². The zero-order valence-electron chi connectivity index (χ0n) is 18.6. The molecule has 6 heteroatoms. The van der Waals surface area contributed by atoms with Crippen LogP contribution in [0.4, 0.5) is 0 Å². The van der Waals surface area contributed by atoms with Gasteiger partial charge in [-0.2, -0.15) is 0 Å². The number of aromatic nitrogens is 1. The number of fused-ring (bicyclic) bond motifs is 5. The van der Waals surface area contributed by atoms with Gasteiger partial charge in [-0.05, 0) is 61.3 Å². The van der Waals surface area contributed by atoms with Crippen LogP contribution in [-0.2, 0) is 29.0 Å². The van der Waals surface area contributed by atoms with Gasteiger partial charge >= 0.3 is 11.9 Å². The predicted molar refractivity (Wildman–Crippen MR) is 124 cm³/mol. The number of benzene rings is 1. The van der Waals surface area contributed by atoms with Crippen molar-refractivity contribution in [3.63, 3.8) is 0 Å². The van der Waals surface area contributed by atoms with Crippen molar-refractivity contribution >= 4 is 11.9 Å². The van der Waals surface area contributed by atoms with Crippen molar-refractivity contribution in [1.82, 2.24) is 9.88 Å². The summed E-state index contributed by atoms with van der Waals surface area (Å²) >= 11 is 0. The molecule has 2 aliphatic carbocycles. The first kappa shape index (κ1) is 22.3. The molecule has 0 radical (unpaired) electrons. The van der Waals surface area contributed by atoms with Crippen LogP contribution in [0.5, 0.6) is 0 Å². The molecular formula is C26H32N2O4. The maximum absolute atomic E-state index is 9.55. The number of carboxylic acid groups (broad SMARTS) is 2. The van der Waals surface area contributed by atoms with Gasteiger partial charge < -0.3 is 20.1 Å². The van der Waals surface area contributed by atoms with Gasteiger partial charge in [-0.25, -0.2) is 9.59 Å². The SMILES string of the molecule is CC1NCCn2c1cc1c2-c2ccc(C3CCCCC3)cc2CC1.O=C(O)/C=C/C(=O)O. The molecule has 0 saturated heterocycles. The lowest BCUT2D eigenvalue weighted by Crippen LogP contribution is -2.31. The second-order valence-corrected chi connectivity index (χ2v) is 9.03. The molecule has 0 bridgehead atoms. The summed E-state index contributed by atoms with van der Waals surface area (Å²) in [4.78, 5) is 19.1. The Hall–Kier alpha value is -2.86. The highest BCUT2D eigenvalue weighted by Gasteiger charge is 2.27. The van der Waals surface area contributed by atoms with Crippen molar-refractivity contribution < 1.29 is 19.8 Å². The molecule has 170 valence electrons. The van der Waals surface area contributed by atoms with Crippen LogP contribution in [0.2, 0.25) is 0 Å². The quantitative estimate of drug-likeness (QED) is 0.608. The Morgan fingerprint density at radius 3 is 2.38 bits per heavy atom. The minimum absolute atomic E-state index is 0.481. The molecule has 3 N–H and O–H groups in total. The molecule has 0 spiro atoms. The molecule has 5 rings (SSSR count). The average Bonchev–Trinajstić information content (AvgIpc) is 3.19. The monoisotopic (exact) mass is 436 g/mol. The van der Waals surface area contributed by atoms with E-state index in [4.69, 9.17) is 10.2 Å². The highest BCUT2D eigenvalue weighted by Crippen LogP contribution is 2.41. The molecule has 0 amide bonds. The molecule has 1 aromatic heterocycles. The number of aliphatic carboxylic acids is 2. The highest BCUT2D eigenvalue weighted by molar-refractivity contribution is 5.89. The molecule has 1 fully saturated rings. The number of rotatable bonds is 3. The van der Waals surface area contributed by atoms with E-state index >= 15 is 0 Å². The normalized spacial score (nSPS) is 20.0. The zero-order chi connectivity index (χ0) is 22.7. The summed E-state index contributed by atoms with van der Waals surface area (Å²) in [6, 6.07) is 10.4. The third kappa shape index (κ3) is 4.80. The second kappa shape index (κ2) is 9.74. The highest BCUT2D eigenvalue weighted by atomic mass is 16.4. The Morgan fingerprint density at radius 2 is 1.69 bits per heavy atom. The fourth-order valence-electron chi connectivity index (χ4n) is 5.39. The first-order valence-corrected chi connectivity index (χ1v) is 11.7. The number of aryl methyl sites for hydroxylation is 2. The van der Waals surface area contributed by atoms with Gasteiger partial charge in [0.25, 0.3) is 0 Å². The predicted octanol–water partition coefficient (Wildman–Crippen LogP) is 4.68. The van der Waals surface area contributed by atoms with Gasteiger partial charge in [0.05, 0.1) is 5.69 Å². The summed E-state index contributed by atoms with van der Waals surface area (Å²) in [5.74, 6) is -1.70. The topological polar surface area (TPSA) is 91.6 Å². The Labute approximate surface area is 189 Å². The van der Waals surface area contributed by atoms with Gasteiger partial charge in [-0.3, -0.25) is 0 Å². The Bertz CT molecular complexity index is 1010. The zero-order valence-corrected chi connectivity index (χ0v) is 18.6. The van der Waals surface area contributed by atoms with Crippen LogP contribution in [0, 0.1) is 0 Å². The largest absolute Gasteiger partial charge is 0.478 e. The summed E-state index contributed by atoms with van der Waals surface area (Å²) in [6.45, 7) is 4.49. The Kier molecular flexibility index (Phi) is 6.80. The Balaban J connectivity index is 0.000000265. The average molecular weight is 437 g/mol. The number of hydrogen-bond acceptors (Lipinski definition) is 3. The van der Waals surface area contributed by atoms with Crippen molar-refractivity contribution in [2.75, 3.05) is 6.54 Å². The third-order valence-corrected chi connectivity index (χ3v) is 6.93. The van der Waals surface area contributed by atoms with Crippen molar-refractivity contribution in [2.45, 2.75) is 70.4 Å². The number of hydrogen-bond donors (Lipinski definition) is 3. The maximum Gasteiger partial charge on any atom is 0.328 e. The molecule has 1 aromatic carbocycles. The van der Waals surface area contributed by atoms with E-state index in [1.165, 1.54) is 61.9 Å². The van der Waals surface area contributed by atoms with Gasteiger partial charge in [0.1, 0.15) is 0 Å². The Morgan fingerprint density at radius 1 is 1.00 bits per heavy atom. The molecule has 3 aliphatic rings. The van der Waals surface area contributed by atoms with Gasteiger partial charge in [0.15, 0.2) is 0 Å². The lowest BCUT2D eigenvalue weighted by atomic mass is 9.81. The van der Waals surface area contributed by atoms with Crippen LogP contribution in [0.25, 0.3) is 11.3 Å². The minimum atomic E-state index is -1.26. The molecule has 1 saturated carbocycles. The molecule has 6 nitrogen and oxygen atoms in total. The molecule has 2 heterocycles. The number of nitrogens with one attached hydrogen (secondary N) is 1. The molecular weight excluding hydrogens is 404 g/mol. The van der Waals surface area contributed by atoms with E-state index in [1.807, 2.05) is 0 Å². The lowest BCUT2D eigenvalue weighted by Gasteiger charge is -2.28. The van der Waals surface area contributed by atoms with E-state index < -0.39 is 11.9 Å². The number of carbonyl (C=O) groups is 2. The van der Waals surface area contributed by atoms with E-state index in [2.05, 4.69) is 41.1 Å². The van der Waals surface area contributed by atoms with E-state index in [1.54, 1.807) is 16.7 Å². The van der Waals surface area contributed by atoms with Crippen molar-refractivity contribution in [2.24, 2.45) is 0 Å². The standard InChI is InChI=1S/C22H28N2.C4H4O4/c1-15-21-14-19-8-7-18-13-17(16-5-3-2-4-6-16)9-10-20(18)22(19)24(21)12-11-23-15;5-3(6)1-2-4(7)8/h9-10,13-16,23H,2-8,11-12H2,1H3;1-2H,(H,5,6)(H,7,8)/b;2-1+. The van der Waals surface area contributed by atoms with Crippen LogP contribution in [-0.4, -0.2) is 33.3 Å². The number of carboxylic acids is 2. The molecule has 2 aromatic rings. The molecule has 1 aliphatic heterocycles. The maximum atomic E-state index is 9.55. The molecule has 32 heavy (non-hydrogen) atoms. The summed E-state index contributed by atoms with van der Waals surface area (Å²) in [5.41, 5.74) is 9.29. The summed E-state index contributed by atoms with van der Waals surface area (Å²) < 4.78 is 2.59. The van der Waals surface area contributed by atoms with Crippen LogP contribution >= 0.6 is 0 Å². The van der Waals surface area contributed by atoms with E-state index in [0.717, 1.165) is 19.0 Å². The number of nitrogens with zero attached hydrogens (tertiary/aromatic N) is 1.